The number of carbonyl (C=O) groups excluding carboxylic acids is 1. The lowest BCUT2D eigenvalue weighted by molar-refractivity contribution is -0.120. The minimum Gasteiger partial charge on any atom is -0.493 e. The average molecular weight is 344 g/mol. The highest BCUT2D eigenvalue weighted by Gasteiger charge is 2.07. The molecule has 0 spiro atoms. The Kier molecular flexibility index (Phi) is 6.69. The summed E-state index contributed by atoms with van der Waals surface area (Å²) in [6.45, 7) is 0. The van der Waals surface area contributed by atoms with Crippen molar-refractivity contribution in [2.24, 2.45) is 5.10 Å². The summed E-state index contributed by atoms with van der Waals surface area (Å²) in [5.41, 5.74) is 4.28. The zero-order valence-electron chi connectivity index (χ0n) is 13.9. The molecule has 0 atom stereocenters. The van der Waals surface area contributed by atoms with E-state index in [1.807, 2.05) is 36.6 Å². The van der Waals surface area contributed by atoms with E-state index in [0.29, 0.717) is 11.5 Å². The van der Waals surface area contributed by atoms with Gasteiger partial charge in [0.25, 0.3) is 0 Å². The van der Waals surface area contributed by atoms with Crippen LogP contribution in [-0.4, -0.2) is 32.6 Å². The molecule has 0 aliphatic rings. The zero-order valence-corrected chi connectivity index (χ0v) is 14.7. The van der Waals surface area contributed by atoms with Crippen LogP contribution in [0.3, 0.4) is 0 Å². The van der Waals surface area contributed by atoms with E-state index >= 15 is 0 Å². The molecule has 126 valence electrons. The number of amides is 1. The van der Waals surface area contributed by atoms with Crippen molar-refractivity contribution in [1.82, 2.24) is 5.43 Å². The van der Waals surface area contributed by atoms with E-state index in [9.17, 15) is 4.79 Å². The second kappa shape index (κ2) is 8.98. The van der Waals surface area contributed by atoms with Crippen LogP contribution in [0.25, 0.3) is 0 Å². The Bertz CT molecular complexity index is 715. The Morgan fingerprint density at radius 3 is 2.46 bits per heavy atom. The van der Waals surface area contributed by atoms with Gasteiger partial charge < -0.3 is 9.47 Å². The van der Waals surface area contributed by atoms with Crippen molar-refractivity contribution >= 4 is 23.9 Å². The molecule has 0 radical (unpaired) electrons. The van der Waals surface area contributed by atoms with Crippen LogP contribution in [0.4, 0.5) is 0 Å². The summed E-state index contributed by atoms with van der Waals surface area (Å²) in [6.07, 6.45) is 3.86. The molecule has 0 heterocycles. The Hall–Kier alpha value is -2.47. The van der Waals surface area contributed by atoms with Crippen LogP contribution in [-0.2, 0) is 11.2 Å². The van der Waals surface area contributed by atoms with E-state index in [1.54, 1.807) is 44.3 Å². The van der Waals surface area contributed by atoms with Crippen LogP contribution in [0.1, 0.15) is 11.1 Å². The number of hydrazone groups is 1. The SMILES string of the molecule is COc1ccc(CC(=O)N/N=C/c2ccc(SC)cc2)cc1OC. The molecule has 0 aromatic heterocycles. The largest absolute Gasteiger partial charge is 0.493 e. The van der Waals surface area contributed by atoms with Gasteiger partial charge in [-0.15, -0.1) is 11.8 Å². The van der Waals surface area contributed by atoms with Crippen LogP contribution in [0.15, 0.2) is 52.5 Å². The number of nitrogens with zero attached hydrogens (tertiary/aromatic N) is 1. The Morgan fingerprint density at radius 1 is 1.12 bits per heavy atom. The molecule has 0 saturated carbocycles. The first-order chi connectivity index (χ1) is 11.7. The summed E-state index contributed by atoms with van der Waals surface area (Å²) in [5.74, 6) is 1.03. The van der Waals surface area contributed by atoms with Gasteiger partial charge >= 0.3 is 0 Å². The number of methoxy groups -OCH3 is 2. The molecular weight excluding hydrogens is 324 g/mol. The number of rotatable bonds is 7. The van der Waals surface area contributed by atoms with Crippen molar-refractivity contribution in [1.29, 1.82) is 0 Å². The molecule has 0 unspecified atom stereocenters. The van der Waals surface area contributed by atoms with E-state index in [0.717, 1.165) is 11.1 Å². The molecule has 2 aromatic rings. The number of thioether (sulfide) groups is 1. The Morgan fingerprint density at radius 2 is 1.83 bits per heavy atom. The van der Waals surface area contributed by atoms with Gasteiger partial charge in [-0.1, -0.05) is 18.2 Å². The molecule has 0 bridgehead atoms. The van der Waals surface area contributed by atoms with Crippen LogP contribution >= 0.6 is 11.8 Å². The van der Waals surface area contributed by atoms with Gasteiger partial charge in [-0.3, -0.25) is 4.79 Å². The topological polar surface area (TPSA) is 59.9 Å². The molecule has 0 saturated heterocycles. The van der Waals surface area contributed by atoms with Crippen molar-refractivity contribution in [3.05, 3.63) is 53.6 Å². The third-order valence-corrected chi connectivity index (χ3v) is 4.07. The lowest BCUT2D eigenvalue weighted by atomic mass is 10.1. The molecule has 0 aliphatic heterocycles. The van der Waals surface area contributed by atoms with Crippen LogP contribution in [0.2, 0.25) is 0 Å². The number of carbonyl (C=O) groups is 1. The lowest BCUT2D eigenvalue weighted by Gasteiger charge is -2.09. The maximum absolute atomic E-state index is 12.0. The molecule has 0 aliphatic carbocycles. The highest BCUT2D eigenvalue weighted by molar-refractivity contribution is 7.98. The zero-order chi connectivity index (χ0) is 17.4. The highest BCUT2D eigenvalue weighted by atomic mass is 32.2. The quantitative estimate of drug-likeness (QED) is 0.476. The number of benzene rings is 2. The van der Waals surface area contributed by atoms with Crippen LogP contribution in [0, 0.1) is 0 Å². The van der Waals surface area contributed by atoms with Gasteiger partial charge in [0.05, 0.1) is 26.9 Å². The number of ether oxygens (including phenoxy) is 2. The smallest absolute Gasteiger partial charge is 0.244 e. The van der Waals surface area contributed by atoms with Gasteiger partial charge in [0, 0.05) is 4.90 Å². The summed E-state index contributed by atoms with van der Waals surface area (Å²) in [7, 11) is 3.14. The fourth-order valence-electron chi connectivity index (χ4n) is 2.08. The summed E-state index contributed by atoms with van der Waals surface area (Å²) in [6, 6.07) is 13.3. The van der Waals surface area contributed by atoms with Gasteiger partial charge in [0.2, 0.25) is 5.91 Å². The normalized spacial score (nSPS) is 10.6. The van der Waals surface area contributed by atoms with E-state index in [2.05, 4.69) is 10.5 Å². The van der Waals surface area contributed by atoms with Gasteiger partial charge in [-0.25, -0.2) is 5.43 Å². The maximum atomic E-state index is 12.0. The minimum absolute atomic E-state index is 0.195. The van der Waals surface area contributed by atoms with Crippen LogP contribution in [0.5, 0.6) is 11.5 Å². The highest BCUT2D eigenvalue weighted by Crippen LogP contribution is 2.27. The molecule has 1 N–H and O–H groups in total. The standard InChI is InChI=1S/C18H20N2O3S/c1-22-16-9-6-14(10-17(16)23-2)11-18(21)20-19-12-13-4-7-15(24-3)8-5-13/h4-10,12H,11H2,1-3H3,(H,20,21)/b19-12+. The Balaban J connectivity index is 1.91. The van der Waals surface area contributed by atoms with E-state index in [-0.39, 0.29) is 12.3 Å². The Labute approximate surface area is 146 Å². The van der Waals surface area contributed by atoms with Gasteiger partial charge in [0.15, 0.2) is 11.5 Å². The van der Waals surface area contributed by atoms with E-state index in [4.69, 9.17) is 9.47 Å². The summed E-state index contributed by atoms with van der Waals surface area (Å²) in [5, 5.41) is 3.98. The van der Waals surface area contributed by atoms with Gasteiger partial charge in [0.1, 0.15) is 0 Å². The van der Waals surface area contributed by atoms with Crippen molar-refractivity contribution in [2.75, 3.05) is 20.5 Å². The van der Waals surface area contributed by atoms with Crippen molar-refractivity contribution in [2.45, 2.75) is 11.3 Å². The molecule has 24 heavy (non-hydrogen) atoms. The predicted molar refractivity (Wildman–Crippen MR) is 97.2 cm³/mol. The number of hydrogen-bond donors (Lipinski definition) is 1. The van der Waals surface area contributed by atoms with Crippen molar-refractivity contribution in [3.63, 3.8) is 0 Å². The second-order valence-electron chi connectivity index (χ2n) is 4.93. The third kappa shape index (κ3) is 5.03. The van der Waals surface area contributed by atoms with Gasteiger partial charge in [-0.2, -0.15) is 5.10 Å². The molecule has 6 heteroatoms. The molecule has 2 rings (SSSR count). The molecule has 0 fully saturated rings. The predicted octanol–water partition coefficient (Wildman–Crippen LogP) is 3.12. The average Bonchev–Trinajstić information content (AvgIpc) is 2.62. The van der Waals surface area contributed by atoms with Crippen molar-refractivity contribution in [3.8, 4) is 11.5 Å². The monoisotopic (exact) mass is 344 g/mol. The summed E-state index contributed by atoms with van der Waals surface area (Å²) in [4.78, 5) is 13.1. The number of nitrogens with one attached hydrogen (secondary N) is 1. The maximum Gasteiger partial charge on any atom is 0.244 e. The summed E-state index contributed by atoms with van der Waals surface area (Å²) < 4.78 is 10.4. The first-order valence-electron chi connectivity index (χ1n) is 7.33. The molecule has 5 nitrogen and oxygen atoms in total. The van der Waals surface area contributed by atoms with Gasteiger partial charge in [-0.05, 0) is 41.6 Å². The van der Waals surface area contributed by atoms with E-state index < -0.39 is 0 Å². The lowest BCUT2D eigenvalue weighted by Crippen LogP contribution is -2.19. The molecular formula is C18H20N2O3S. The van der Waals surface area contributed by atoms with Crippen molar-refractivity contribution < 1.29 is 14.3 Å². The van der Waals surface area contributed by atoms with Crippen LogP contribution < -0.4 is 14.9 Å². The minimum atomic E-state index is -0.195. The molecule has 1 amide bonds. The summed E-state index contributed by atoms with van der Waals surface area (Å²) >= 11 is 1.68. The first-order valence-corrected chi connectivity index (χ1v) is 8.55. The number of hydrogen-bond acceptors (Lipinski definition) is 5. The van der Waals surface area contributed by atoms with E-state index in [1.165, 1.54) is 4.90 Å². The second-order valence-corrected chi connectivity index (χ2v) is 5.81. The fraction of sp³-hybridized carbons (Fsp3) is 0.222. The fourth-order valence-corrected chi connectivity index (χ4v) is 2.49. The first kappa shape index (κ1) is 17.9. The third-order valence-electron chi connectivity index (χ3n) is 3.33. The molecule has 2 aromatic carbocycles.